The highest BCUT2D eigenvalue weighted by atomic mass is 16.2. The van der Waals surface area contributed by atoms with Crippen LogP contribution in [0.2, 0.25) is 0 Å². The fourth-order valence-electron chi connectivity index (χ4n) is 1.83. The van der Waals surface area contributed by atoms with Crippen LogP contribution in [0.5, 0.6) is 0 Å². The molecule has 0 fully saturated rings. The first-order valence-corrected chi connectivity index (χ1v) is 4.47. The Morgan fingerprint density at radius 2 is 1.36 bits per heavy atom. The second-order valence-corrected chi connectivity index (χ2v) is 3.47. The lowest BCUT2D eigenvalue weighted by Gasteiger charge is -2.35. The van der Waals surface area contributed by atoms with E-state index in [1.165, 1.54) is 0 Å². The maximum absolute atomic E-state index is 11.1. The minimum atomic E-state index is -0.286. The molecule has 0 saturated heterocycles. The molecular weight excluding hydrogens is 184 g/mol. The van der Waals surface area contributed by atoms with Gasteiger partial charge >= 0.3 is 12.1 Å². The minimum absolute atomic E-state index is 0.0677. The number of urea groups is 2. The van der Waals surface area contributed by atoms with Crippen molar-refractivity contribution < 1.29 is 9.59 Å². The molecule has 0 spiro atoms. The van der Waals surface area contributed by atoms with Crippen LogP contribution in [0.25, 0.3) is 0 Å². The third-order valence-corrected chi connectivity index (χ3v) is 2.39. The molecule has 0 aromatic carbocycles. The molecule has 0 saturated carbocycles. The zero-order valence-corrected chi connectivity index (χ0v) is 7.97. The summed E-state index contributed by atoms with van der Waals surface area (Å²) in [5, 5.41) is 10.6. The van der Waals surface area contributed by atoms with Gasteiger partial charge in [-0.1, -0.05) is 0 Å². The van der Waals surface area contributed by atoms with Gasteiger partial charge < -0.3 is 10.6 Å². The van der Waals surface area contributed by atoms with Gasteiger partial charge in [0.15, 0.2) is 0 Å². The molecule has 6 nitrogen and oxygen atoms in total. The second-order valence-electron chi connectivity index (χ2n) is 3.47. The van der Waals surface area contributed by atoms with E-state index in [4.69, 9.17) is 0 Å². The topological polar surface area (TPSA) is 82.3 Å². The standard InChI is InChI=1S/C8H12N4O2/c1-3-5-4(2)10-8(14)12-6(5)11-7(13)9-3/h3-4H,1-2H3,(H2,9,11,13)(H2,10,12,14). The molecule has 2 aliphatic heterocycles. The molecule has 0 aromatic rings. The molecule has 2 rings (SSSR count). The molecule has 14 heavy (non-hydrogen) atoms. The quantitative estimate of drug-likeness (QED) is 0.425. The van der Waals surface area contributed by atoms with Crippen LogP contribution >= 0.6 is 0 Å². The Kier molecular flexibility index (Phi) is 1.83. The Balaban J connectivity index is 2.37. The molecule has 76 valence electrons. The SMILES string of the molecule is CC1NC(=O)NC2=C1C(C)NC(=O)N2. The third kappa shape index (κ3) is 1.28. The van der Waals surface area contributed by atoms with Crippen LogP contribution in [0.15, 0.2) is 11.4 Å². The van der Waals surface area contributed by atoms with Crippen molar-refractivity contribution in [2.45, 2.75) is 25.9 Å². The van der Waals surface area contributed by atoms with E-state index in [9.17, 15) is 9.59 Å². The highest BCUT2D eigenvalue weighted by Crippen LogP contribution is 2.16. The summed E-state index contributed by atoms with van der Waals surface area (Å²) in [4.78, 5) is 22.2. The Bertz CT molecular complexity index is 306. The first-order chi connectivity index (χ1) is 6.58. The summed E-state index contributed by atoms with van der Waals surface area (Å²) in [7, 11) is 0. The molecule has 0 aliphatic carbocycles. The predicted molar refractivity (Wildman–Crippen MR) is 49.3 cm³/mol. The third-order valence-electron chi connectivity index (χ3n) is 2.39. The fraction of sp³-hybridized carbons (Fsp3) is 0.500. The van der Waals surface area contributed by atoms with E-state index >= 15 is 0 Å². The summed E-state index contributed by atoms with van der Waals surface area (Å²) in [6.45, 7) is 3.76. The summed E-state index contributed by atoms with van der Waals surface area (Å²) >= 11 is 0. The van der Waals surface area contributed by atoms with Crippen LogP contribution in [-0.2, 0) is 0 Å². The number of hydrogen-bond donors (Lipinski definition) is 4. The number of amides is 4. The van der Waals surface area contributed by atoms with E-state index in [1.54, 1.807) is 0 Å². The highest BCUT2D eigenvalue weighted by Gasteiger charge is 2.32. The van der Waals surface area contributed by atoms with Crippen molar-refractivity contribution >= 4 is 12.1 Å². The van der Waals surface area contributed by atoms with Crippen molar-refractivity contribution in [3.05, 3.63) is 11.4 Å². The molecule has 0 aromatic heterocycles. The average molecular weight is 196 g/mol. The normalized spacial score (nSPS) is 31.0. The molecule has 4 amide bonds. The summed E-state index contributed by atoms with van der Waals surface area (Å²) in [5.41, 5.74) is 0.962. The van der Waals surface area contributed by atoms with Gasteiger partial charge in [0.2, 0.25) is 0 Å². The van der Waals surface area contributed by atoms with Crippen molar-refractivity contribution in [2.75, 3.05) is 0 Å². The van der Waals surface area contributed by atoms with E-state index in [-0.39, 0.29) is 24.1 Å². The van der Waals surface area contributed by atoms with Crippen LogP contribution in [0, 0.1) is 0 Å². The van der Waals surface area contributed by atoms with E-state index in [0.29, 0.717) is 5.82 Å². The van der Waals surface area contributed by atoms with Gasteiger partial charge in [-0.2, -0.15) is 0 Å². The van der Waals surface area contributed by atoms with Crippen LogP contribution in [0.3, 0.4) is 0 Å². The highest BCUT2D eigenvalue weighted by molar-refractivity contribution is 5.84. The van der Waals surface area contributed by atoms with Gasteiger partial charge in [-0.05, 0) is 13.8 Å². The monoisotopic (exact) mass is 196 g/mol. The van der Waals surface area contributed by atoms with Gasteiger partial charge in [0.1, 0.15) is 5.82 Å². The van der Waals surface area contributed by atoms with Gasteiger partial charge in [-0.3, -0.25) is 10.6 Å². The van der Waals surface area contributed by atoms with E-state index in [0.717, 1.165) is 5.57 Å². The zero-order valence-electron chi connectivity index (χ0n) is 7.97. The van der Waals surface area contributed by atoms with Gasteiger partial charge in [-0.15, -0.1) is 0 Å². The molecule has 4 N–H and O–H groups in total. The van der Waals surface area contributed by atoms with Crippen molar-refractivity contribution in [1.29, 1.82) is 0 Å². The first kappa shape index (κ1) is 8.86. The van der Waals surface area contributed by atoms with E-state index in [1.807, 2.05) is 13.8 Å². The number of carbonyl (C=O) groups is 2. The number of rotatable bonds is 0. The molecule has 0 radical (unpaired) electrons. The summed E-state index contributed by atoms with van der Waals surface area (Å²) in [6, 6.07) is -0.708. The van der Waals surface area contributed by atoms with Crippen molar-refractivity contribution in [3.8, 4) is 0 Å². The van der Waals surface area contributed by atoms with Crippen molar-refractivity contribution in [3.63, 3.8) is 0 Å². The zero-order chi connectivity index (χ0) is 10.3. The largest absolute Gasteiger partial charge is 0.331 e. The van der Waals surface area contributed by atoms with Crippen LogP contribution < -0.4 is 21.3 Å². The molecule has 6 heteroatoms. The van der Waals surface area contributed by atoms with Gasteiger partial charge in [-0.25, -0.2) is 9.59 Å². The number of nitrogens with one attached hydrogen (secondary N) is 4. The summed E-state index contributed by atoms with van der Waals surface area (Å²) in [6.07, 6.45) is 0. The average Bonchev–Trinajstić information content (AvgIpc) is 1.99. The molecule has 2 aliphatic rings. The van der Waals surface area contributed by atoms with Crippen LogP contribution in [0.1, 0.15) is 13.8 Å². The lowest BCUT2D eigenvalue weighted by Crippen LogP contribution is -2.60. The maximum Gasteiger partial charge on any atom is 0.320 e. The van der Waals surface area contributed by atoms with Gasteiger partial charge in [0.25, 0.3) is 0 Å². The van der Waals surface area contributed by atoms with Gasteiger partial charge in [0, 0.05) is 5.57 Å². The number of hydrogen-bond acceptors (Lipinski definition) is 2. The Morgan fingerprint density at radius 1 is 0.929 bits per heavy atom. The fourth-order valence-corrected chi connectivity index (χ4v) is 1.83. The van der Waals surface area contributed by atoms with Gasteiger partial charge in [0.05, 0.1) is 12.1 Å². The summed E-state index contributed by atoms with van der Waals surface area (Å²) in [5.74, 6) is 0.512. The second kappa shape index (κ2) is 2.90. The van der Waals surface area contributed by atoms with Crippen molar-refractivity contribution in [1.82, 2.24) is 21.3 Å². The Morgan fingerprint density at radius 3 is 1.79 bits per heavy atom. The van der Waals surface area contributed by atoms with Crippen molar-refractivity contribution in [2.24, 2.45) is 0 Å². The Hall–Kier alpha value is -1.72. The lowest BCUT2D eigenvalue weighted by atomic mass is 9.99. The van der Waals surface area contributed by atoms with Crippen LogP contribution in [0.4, 0.5) is 9.59 Å². The Labute approximate surface area is 81.1 Å². The van der Waals surface area contributed by atoms with E-state index < -0.39 is 0 Å². The number of carbonyl (C=O) groups excluding carboxylic acids is 2. The molecule has 0 bridgehead atoms. The smallest absolute Gasteiger partial charge is 0.320 e. The minimum Gasteiger partial charge on any atom is -0.331 e. The van der Waals surface area contributed by atoms with E-state index in [2.05, 4.69) is 21.3 Å². The molecule has 2 unspecified atom stereocenters. The molecule has 2 atom stereocenters. The lowest BCUT2D eigenvalue weighted by molar-refractivity contribution is 0.228. The molecular formula is C8H12N4O2. The molecule has 2 heterocycles. The maximum atomic E-state index is 11.1. The predicted octanol–water partition coefficient (Wildman–Crippen LogP) is -0.399. The summed E-state index contributed by atoms with van der Waals surface area (Å²) < 4.78 is 0. The van der Waals surface area contributed by atoms with Crippen LogP contribution in [-0.4, -0.2) is 24.1 Å². The first-order valence-electron chi connectivity index (χ1n) is 4.47.